The molecule has 1 aliphatic heterocycles. The van der Waals surface area contributed by atoms with Gasteiger partial charge in [0.05, 0.1) is 0 Å². The van der Waals surface area contributed by atoms with Gasteiger partial charge in [0, 0.05) is 6.04 Å². The van der Waals surface area contributed by atoms with Crippen molar-refractivity contribution in [1.82, 2.24) is 5.32 Å². The summed E-state index contributed by atoms with van der Waals surface area (Å²) in [6, 6.07) is 0.139. The Bertz CT molecular complexity index is 102. The van der Waals surface area contributed by atoms with Crippen molar-refractivity contribution in [3.05, 3.63) is 0 Å². The minimum atomic E-state index is -0.650. The Morgan fingerprint density at radius 3 is 2.45 bits per heavy atom. The first-order chi connectivity index (χ1) is 4.72. The first kappa shape index (κ1) is 11.2. The summed E-state index contributed by atoms with van der Waals surface area (Å²) in [7, 11) is 0. The van der Waals surface area contributed by atoms with E-state index in [1.807, 2.05) is 13.8 Å². The third-order valence-corrected chi connectivity index (χ3v) is 2.12. The molecule has 68 valence electrons. The average Bonchev–Trinajstić information content (AvgIpc) is 2.36. The number of halogens is 2. The standard InChI is InChI=1S/C8H16FN.ClH/c1-6(2)8(9)7-4-3-5-10-7;/h6-8,10H,3-5H2,1-2H3;1H. The quantitative estimate of drug-likeness (QED) is 0.689. The van der Waals surface area contributed by atoms with Crippen molar-refractivity contribution in [2.45, 2.75) is 38.9 Å². The van der Waals surface area contributed by atoms with E-state index in [0.717, 1.165) is 19.4 Å². The summed E-state index contributed by atoms with van der Waals surface area (Å²) in [5, 5.41) is 3.16. The van der Waals surface area contributed by atoms with Crippen LogP contribution in [-0.2, 0) is 0 Å². The highest BCUT2D eigenvalue weighted by Crippen LogP contribution is 2.17. The Kier molecular flexibility index (Phi) is 5.02. The summed E-state index contributed by atoms with van der Waals surface area (Å²) in [5.41, 5.74) is 0. The van der Waals surface area contributed by atoms with Gasteiger partial charge in [0.15, 0.2) is 0 Å². The lowest BCUT2D eigenvalue weighted by atomic mass is 10.0. The Balaban J connectivity index is 0.000001000. The van der Waals surface area contributed by atoms with Gasteiger partial charge in [0.1, 0.15) is 6.17 Å². The van der Waals surface area contributed by atoms with Crippen molar-refractivity contribution in [1.29, 1.82) is 0 Å². The van der Waals surface area contributed by atoms with E-state index in [2.05, 4.69) is 5.32 Å². The van der Waals surface area contributed by atoms with Crippen LogP contribution in [0.15, 0.2) is 0 Å². The minimum absolute atomic E-state index is 0. The predicted octanol–water partition coefficient (Wildman–Crippen LogP) is 2.15. The fraction of sp³-hybridized carbons (Fsp3) is 1.00. The number of hydrogen-bond donors (Lipinski definition) is 1. The molecule has 2 unspecified atom stereocenters. The molecule has 0 aliphatic carbocycles. The fourth-order valence-corrected chi connectivity index (χ4v) is 1.45. The maximum Gasteiger partial charge on any atom is 0.118 e. The summed E-state index contributed by atoms with van der Waals surface area (Å²) < 4.78 is 13.2. The molecule has 1 saturated heterocycles. The number of nitrogens with one attached hydrogen (secondary N) is 1. The number of hydrogen-bond acceptors (Lipinski definition) is 1. The molecular formula is C8H17ClFN. The molecule has 0 saturated carbocycles. The Labute approximate surface area is 74.2 Å². The van der Waals surface area contributed by atoms with Gasteiger partial charge < -0.3 is 5.32 Å². The van der Waals surface area contributed by atoms with Crippen LogP contribution in [-0.4, -0.2) is 18.8 Å². The van der Waals surface area contributed by atoms with E-state index < -0.39 is 6.17 Å². The van der Waals surface area contributed by atoms with Gasteiger partial charge in [-0.15, -0.1) is 12.4 Å². The molecule has 1 heterocycles. The van der Waals surface area contributed by atoms with Gasteiger partial charge in [-0.2, -0.15) is 0 Å². The van der Waals surface area contributed by atoms with E-state index in [1.54, 1.807) is 0 Å². The normalized spacial score (nSPS) is 26.7. The molecule has 0 aromatic heterocycles. The molecule has 1 nitrogen and oxygen atoms in total. The summed E-state index contributed by atoms with van der Waals surface area (Å²) in [5.74, 6) is 0.163. The molecule has 0 radical (unpaired) electrons. The topological polar surface area (TPSA) is 12.0 Å². The number of rotatable bonds is 2. The van der Waals surface area contributed by atoms with Crippen molar-refractivity contribution < 1.29 is 4.39 Å². The van der Waals surface area contributed by atoms with Crippen molar-refractivity contribution in [3.8, 4) is 0 Å². The smallest absolute Gasteiger partial charge is 0.118 e. The molecule has 0 spiro atoms. The molecule has 2 atom stereocenters. The van der Waals surface area contributed by atoms with Crippen LogP contribution < -0.4 is 5.32 Å². The summed E-state index contributed by atoms with van der Waals surface area (Å²) in [4.78, 5) is 0. The van der Waals surface area contributed by atoms with Crippen molar-refractivity contribution in [2.24, 2.45) is 5.92 Å². The zero-order valence-corrected chi connectivity index (χ0v) is 7.96. The van der Waals surface area contributed by atoms with E-state index in [4.69, 9.17) is 0 Å². The molecule has 0 aromatic carbocycles. The first-order valence-corrected chi connectivity index (χ1v) is 4.09. The highest BCUT2D eigenvalue weighted by molar-refractivity contribution is 5.85. The van der Waals surface area contributed by atoms with Gasteiger partial charge in [-0.3, -0.25) is 0 Å². The highest BCUT2D eigenvalue weighted by Gasteiger charge is 2.26. The lowest BCUT2D eigenvalue weighted by Crippen LogP contribution is -2.34. The molecular weight excluding hydrogens is 165 g/mol. The summed E-state index contributed by atoms with van der Waals surface area (Å²) in [6.07, 6.45) is 1.50. The minimum Gasteiger partial charge on any atom is -0.311 e. The SMILES string of the molecule is CC(C)C(F)C1CCCN1.Cl. The average molecular weight is 182 g/mol. The second kappa shape index (κ2) is 4.94. The van der Waals surface area contributed by atoms with Crippen LogP contribution in [0.1, 0.15) is 26.7 Å². The maximum absolute atomic E-state index is 13.2. The van der Waals surface area contributed by atoms with Gasteiger partial charge in [0.2, 0.25) is 0 Å². The van der Waals surface area contributed by atoms with E-state index in [0.29, 0.717) is 0 Å². The van der Waals surface area contributed by atoms with E-state index in [-0.39, 0.29) is 24.4 Å². The predicted molar refractivity (Wildman–Crippen MR) is 48.0 cm³/mol. The molecule has 1 rings (SSSR count). The van der Waals surface area contributed by atoms with Gasteiger partial charge >= 0.3 is 0 Å². The zero-order valence-electron chi connectivity index (χ0n) is 7.14. The Morgan fingerprint density at radius 2 is 2.09 bits per heavy atom. The van der Waals surface area contributed by atoms with Crippen LogP contribution >= 0.6 is 12.4 Å². The van der Waals surface area contributed by atoms with Gasteiger partial charge in [0.25, 0.3) is 0 Å². The molecule has 0 bridgehead atoms. The highest BCUT2D eigenvalue weighted by atomic mass is 35.5. The fourth-order valence-electron chi connectivity index (χ4n) is 1.45. The van der Waals surface area contributed by atoms with Crippen molar-refractivity contribution >= 4 is 12.4 Å². The Morgan fingerprint density at radius 1 is 1.45 bits per heavy atom. The lowest BCUT2D eigenvalue weighted by molar-refractivity contribution is 0.201. The van der Waals surface area contributed by atoms with E-state index in [1.165, 1.54) is 0 Å². The van der Waals surface area contributed by atoms with Crippen molar-refractivity contribution in [2.75, 3.05) is 6.54 Å². The molecule has 1 N–H and O–H groups in total. The molecule has 1 aliphatic rings. The van der Waals surface area contributed by atoms with Crippen molar-refractivity contribution in [3.63, 3.8) is 0 Å². The van der Waals surface area contributed by atoms with Crippen LogP contribution in [0, 0.1) is 5.92 Å². The zero-order chi connectivity index (χ0) is 7.56. The third kappa shape index (κ3) is 2.96. The van der Waals surface area contributed by atoms with Gasteiger partial charge in [-0.05, 0) is 25.3 Å². The van der Waals surface area contributed by atoms with Crippen LogP contribution in [0.2, 0.25) is 0 Å². The summed E-state index contributed by atoms with van der Waals surface area (Å²) in [6.45, 7) is 4.87. The van der Waals surface area contributed by atoms with Crippen LogP contribution in [0.3, 0.4) is 0 Å². The largest absolute Gasteiger partial charge is 0.311 e. The molecule has 3 heteroatoms. The lowest BCUT2D eigenvalue weighted by Gasteiger charge is -2.18. The Hall–Kier alpha value is 0.180. The maximum atomic E-state index is 13.2. The first-order valence-electron chi connectivity index (χ1n) is 4.09. The second-order valence-corrected chi connectivity index (χ2v) is 3.39. The molecule has 11 heavy (non-hydrogen) atoms. The van der Waals surface area contributed by atoms with Crippen LogP contribution in [0.4, 0.5) is 4.39 Å². The molecule has 0 amide bonds. The van der Waals surface area contributed by atoms with Crippen LogP contribution in [0.5, 0.6) is 0 Å². The molecule has 1 fully saturated rings. The van der Waals surface area contributed by atoms with Crippen LogP contribution in [0.25, 0.3) is 0 Å². The van der Waals surface area contributed by atoms with Gasteiger partial charge in [-0.1, -0.05) is 13.8 Å². The van der Waals surface area contributed by atoms with Gasteiger partial charge in [-0.25, -0.2) is 4.39 Å². The monoisotopic (exact) mass is 181 g/mol. The van der Waals surface area contributed by atoms with E-state index in [9.17, 15) is 4.39 Å². The second-order valence-electron chi connectivity index (χ2n) is 3.39. The van der Waals surface area contributed by atoms with E-state index >= 15 is 0 Å². The molecule has 0 aromatic rings. The summed E-state index contributed by atoms with van der Waals surface area (Å²) >= 11 is 0. The third-order valence-electron chi connectivity index (χ3n) is 2.12. The number of alkyl halides is 1.